The number of nitrogens with one attached hydrogen (secondary N) is 1. The molecular formula is C20H25N5O2. The summed E-state index contributed by atoms with van der Waals surface area (Å²) in [6, 6.07) is 5.68. The van der Waals surface area contributed by atoms with Crippen LogP contribution in [0.3, 0.4) is 0 Å². The van der Waals surface area contributed by atoms with E-state index in [1.54, 1.807) is 7.11 Å². The van der Waals surface area contributed by atoms with E-state index in [1.807, 2.05) is 42.4 Å². The third-order valence-corrected chi connectivity index (χ3v) is 5.28. The number of fused-ring (bicyclic) bond motifs is 1. The molecule has 0 unspecified atom stereocenters. The largest absolute Gasteiger partial charge is 0.383 e. The first kappa shape index (κ1) is 17.7. The van der Waals surface area contributed by atoms with Crippen molar-refractivity contribution in [1.29, 1.82) is 0 Å². The topological polar surface area (TPSA) is 76.0 Å². The van der Waals surface area contributed by atoms with Gasteiger partial charge < -0.3 is 19.2 Å². The van der Waals surface area contributed by atoms with Gasteiger partial charge in [0.05, 0.1) is 17.6 Å². The van der Waals surface area contributed by atoms with Gasteiger partial charge in [-0.25, -0.2) is 9.97 Å². The number of imidazole rings is 2. The average Bonchev–Trinajstić information content (AvgIpc) is 3.30. The molecule has 2 aromatic heterocycles. The Hall–Kier alpha value is -2.67. The van der Waals surface area contributed by atoms with Gasteiger partial charge in [-0.1, -0.05) is 0 Å². The molecule has 0 radical (unpaired) electrons. The van der Waals surface area contributed by atoms with Gasteiger partial charge >= 0.3 is 0 Å². The van der Waals surface area contributed by atoms with Crippen LogP contribution in [0.15, 0.2) is 30.6 Å². The number of amides is 1. The van der Waals surface area contributed by atoms with Crippen molar-refractivity contribution in [3.63, 3.8) is 0 Å². The molecule has 142 valence electrons. The maximum absolute atomic E-state index is 12.9. The van der Waals surface area contributed by atoms with Crippen molar-refractivity contribution in [2.45, 2.75) is 32.2 Å². The van der Waals surface area contributed by atoms with Crippen molar-refractivity contribution in [2.75, 3.05) is 26.8 Å². The van der Waals surface area contributed by atoms with E-state index in [9.17, 15) is 4.79 Å². The highest BCUT2D eigenvalue weighted by Gasteiger charge is 2.27. The predicted octanol–water partition coefficient (Wildman–Crippen LogP) is 2.73. The molecule has 0 bridgehead atoms. The standard InChI is InChI=1S/C20H25N5O2/c1-14-22-17-4-3-16(13-18(17)23-14)20(26)25-8-5-15(6-9-25)19-21-7-10-24(19)11-12-27-2/h3-4,7,10,13,15H,5-6,8-9,11-12H2,1-2H3,(H,22,23). The molecule has 1 amide bonds. The van der Waals surface area contributed by atoms with E-state index >= 15 is 0 Å². The molecule has 7 nitrogen and oxygen atoms in total. The summed E-state index contributed by atoms with van der Waals surface area (Å²) in [4.78, 5) is 27.0. The van der Waals surface area contributed by atoms with Crippen LogP contribution in [0.2, 0.25) is 0 Å². The molecule has 27 heavy (non-hydrogen) atoms. The molecule has 0 aliphatic carbocycles. The fourth-order valence-corrected chi connectivity index (χ4v) is 3.85. The predicted molar refractivity (Wildman–Crippen MR) is 103 cm³/mol. The molecule has 3 aromatic rings. The summed E-state index contributed by atoms with van der Waals surface area (Å²) in [6.45, 7) is 4.91. The van der Waals surface area contributed by atoms with Crippen LogP contribution in [0.4, 0.5) is 0 Å². The van der Waals surface area contributed by atoms with Crippen molar-refractivity contribution in [2.24, 2.45) is 0 Å². The van der Waals surface area contributed by atoms with Gasteiger partial charge in [-0.2, -0.15) is 0 Å². The zero-order chi connectivity index (χ0) is 18.8. The number of nitrogens with zero attached hydrogens (tertiary/aromatic N) is 4. The Morgan fingerprint density at radius 1 is 1.33 bits per heavy atom. The van der Waals surface area contributed by atoms with Gasteiger partial charge in [0.2, 0.25) is 0 Å². The molecule has 4 rings (SSSR count). The lowest BCUT2D eigenvalue weighted by Crippen LogP contribution is -2.38. The van der Waals surface area contributed by atoms with Crippen molar-refractivity contribution >= 4 is 16.9 Å². The fourth-order valence-electron chi connectivity index (χ4n) is 3.85. The third-order valence-electron chi connectivity index (χ3n) is 5.28. The van der Waals surface area contributed by atoms with Crippen LogP contribution >= 0.6 is 0 Å². The SMILES string of the molecule is COCCn1ccnc1C1CCN(C(=O)c2ccc3nc(C)[nH]c3c2)CC1. The van der Waals surface area contributed by atoms with E-state index in [4.69, 9.17) is 4.74 Å². The molecule has 0 saturated carbocycles. The van der Waals surface area contributed by atoms with E-state index in [1.165, 1.54) is 0 Å². The van der Waals surface area contributed by atoms with Crippen molar-refractivity contribution in [3.8, 4) is 0 Å². The Morgan fingerprint density at radius 3 is 2.93 bits per heavy atom. The van der Waals surface area contributed by atoms with Crippen molar-refractivity contribution in [1.82, 2.24) is 24.4 Å². The molecule has 1 aliphatic rings. The van der Waals surface area contributed by atoms with Crippen LogP contribution in [0, 0.1) is 6.92 Å². The normalized spacial score (nSPS) is 15.6. The number of rotatable bonds is 5. The number of ether oxygens (including phenoxy) is 1. The molecule has 1 fully saturated rings. The molecular weight excluding hydrogens is 342 g/mol. The number of carbonyl (C=O) groups is 1. The zero-order valence-electron chi connectivity index (χ0n) is 15.8. The summed E-state index contributed by atoms with van der Waals surface area (Å²) in [5.41, 5.74) is 2.52. The molecule has 0 spiro atoms. The second-order valence-electron chi connectivity index (χ2n) is 7.09. The van der Waals surface area contributed by atoms with E-state index in [2.05, 4.69) is 19.5 Å². The second-order valence-corrected chi connectivity index (χ2v) is 7.09. The lowest BCUT2D eigenvalue weighted by atomic mass is 9.95. The highest BCUT2D eigenvalue weighted by atomic mass is 16.5. The summed E-state index contributed by atoms with van der Waals surface area (Å²) >= 11 is 0. The van der Waals surface area contributed by atoms with Gasteiger partial charge in [0, 0.05) is 50.6 Å². The maximum atomic E-state index is 12.9. The number of hydrogen-bond donors (Lipinski definition) is 1. The first-order valence-electron chi connectivity index (χ1n) is 9.41. The van der Waals surface area contributed by atoms with Crippen LogP contribution in [0.5, 0.6) is 0 Å². The Kier molecular flexibility index (Phi) is 4.94. The maximum Gasteiger partial charge on any atom is 0.253 e. The lowest BCUT2D eigenvalue weighted by molar-refractivity contribution is 0.0710. The second kappa shape index (κ2) is 7.52. The van der Waals surface area contributed by atoms with Crippen LogP contribution in [0.1, 0.15) is 40.8 Å². The quantitative estimate of drug-likeness (QED) is 0.752. The van der Waals surface area contributed by atoms with Crippen LogP contribution in [0.25, 0.3) is 11.0 Å². The van der Waals surface area contributed by atoms with Crippen LogP contribution in [-0.4, -0.2) is 57.1 Å². The minimum atomic E-state index is 0.0883. The minimum absolute atomic E-state index is 0.0883. The van der Waals surface area contributed by atoms with Gasteiger partial charge in [0.1, 0.15) is 11.6 Å². The number of hydrogen-bond acceptors (Lipinski definition) is 4. The monoisotopic (exact) mass is 367 g/mol. The van der Waals surface area contributed by atoms with Gasteiger partial charge in [-0.3, -0.25) is 4.79 Å². The van der Waals surface area contributed by atoms with E-state index < -0.39 is 0 Å². The fraction of sp³-hybridized carbons (Fsp3) is 0.450. The first-order chi connectivity index (χ1) is 13.2. The summed E-state index contributed by atoms with van der Waals surface area (Å²) in [5.74, 6) is 2.44. The molecule has 0 atom stereocenters. The van der Waals surface area contributed by atoms with E-state index in [-0.39, 0.29) is 5.91 Å². The summed E-state index contributed by atoms with van der Waals surface area (Å²) in [5, 5.41) is 0. The highest BCUT2D eigenvalue weighted by molar-refractivity contribution is 5.97. The molecule has 7 heteroatoms. The number of benzene rings is 1. The number of methoxy groups -OCH3 is 1. The third kappa shape index (κ3) is 3.60. The number of H-pyrrole nitrogens is 1. The summed E-state index contributed by atoms with van der Waals surface area (Å²) in [6.07, 6.45) is 5.72. The zero-order valence-corrected chi connectivity index (χ0v) is 15.8. The van der Waals surface area contributed by atoms with Gasteiger partial charge in [0.25, 0.3) is 5.91 Å². The summed E-state index contributed by atoms with van der Waals surface area (Å²) < 4.78 is 7.35. The van der Waals surface area contributed by atoms with Crippen LogP contribution < -0.4 is 0 Å². The number of aromatic amines is 1. The minimum Gasteiger partial charge on any atom is -0.383 e. The Labute approximate surface area is 158 Å². The number of likely N-dealkylation sites (tertiary alicyclic amines) is 1. The molecule has 1 aliphatic heterocycles. The Bertz CT molecular complexity index is 937. The highest BCUT2D eigenvalue weighted by Crippen LogP contribution is 2.28. The van der Waals surface area contributed by atoms with Gasteiger partial charge in [-0.15, -0.1) is 0 Å². The van der Waals surface area contributed by atoms with E-state index in [0.717, 1.165) is 55.2 Å². The molecule has 1 aromatic carbocycles. The number of aromatic nitrogens is 4. The number of piperidine rings is 1. The first-order valence-corrected chi connectivity index (χ1v) is 9.41. The van der Waals surface area contributed by atoms with Crippen molar-refractivity contribution in [3.05, 3.63) is 47.8 Å². The van der Waals surface area contributed by atoms with Gasteiger partial charge in [-0.05, 0) is 38.0 Å². The molecule has 3 heterocycles. The number of carbonyl (C=O) groups excluding carboxylic acids is 1. The Balaban J connectivity index is 1.42. The molecule has 1 saturated heterocycles. The Morgan fingerprint density at radius 2 is 2.15 bits per heavy atom. The van der Waals surface area contributed by atoms with Crippen molar-refractivity contribution < 1.29 is 9.53 Å². The summed E-state index contributed by atoms with van der Waals surface area (Å²) in [7, 11) is 1.71. The smallest absolute Gasteiger partial charge is 0.253 e. The molecule has 1 N–H and O–H groups in total. The van der Waals surface area contributed by atoms with Crippen LogP contribution in [-0.2, 0) is 11.3 Å². The average molecular weight is 367 g/mol. The van der Waals surface area contributed by atoms with E-state index in [0.29, 0.717) is 18.1 Å². The number of aryl methyl sites for hydroxylation is 1. The van der Waals surface area contributed by atoms with Gasteiger partial charge in [0.15, 0.2) is 0 Å². The lowest BCUT2D eigenvalue weighted by Gasteiger charge is -2.32.